The molecule has 0 aliphatic rings. The van der Waals surface area contributed by atoms with Crippen molar-refractivity contribution in [1.29, 1.82) is 0 Å². The van der Waals surface area contributed by atoms with E-state index in [2.05, 4.69) is 36.4 Å². The molecule has 0 atom stereocenters. The number of aryl methyl sites for hydroxylation is 1. The van der Waals surface area contributed by atoms with Crippen LogP contribution in [0.2, 0.25) is 0 Å². The quantitative estimate of drug-likeness (QED) is 0.387. The van der Waals surface area contributed by atoms with Crippen molar-refractivity contribution >= 4 is 32.9 Å². The van der Waals surface area contributed by atoms with Gasteiger partial charge < -0.3 is 19.3 Å². The lowest BCUT2D eigenvalue weighted by Gasteiger charge is -2.11. The van der Waals surface area contributed by atoms with Gasteiger partial charge in [0.15, 0.2) is 6.61 Å². The first-order chi connectivity index (χ1) is 15.6. The molecular formula is C23H21BrN4O4. The summed E-state index contributed by atoms with van der Waals surface area (Å²) in [7, 11) is 1.59. The average Bonchev–Trinajstić information content (AvgIpc) is 3.26. The fraction of sp³-hybridized carbons (Fsp3) is 0.217. The van der Waals surface area contributed by atoms with Crippen LogP contribution in [0.25, 0.3) is 22.4 Å². The van der Waals surface area contributed by atoms with Crippen LogP contribution in [0.4, 0.5) is 0 Å². The Labute approximate surface area is 193 Å². The number of hydrogen-bond donors (Lipinski definition) is 1. The number of hydrogen-bond acceptors (Lipinski definition) is 7. The molecule has 0 spiro atoms. The number of nitrogens with zero attached hydrogens (tertiary/aromatic N) is 3. The summed E-state index contributed by atoms with van der Waals surface area (Å²) in [5.74, 6) is 1.20. The smallest absolute Gasteiger partial charge is 0.265 e. The van der Waals surface area contributed by atoms with Gasteiger partial charge in [-0.05, 0) is 18.2 Å². The largest absolute Gasteiger partial charge is 0.496 e. The molecule has 0 saturated carbocycles. The molecule has 0 bridgehead atoms. The number of aromatic nitrogens is 3. The third-order valence-electron chi connectivity index (χ3n) is 4.77. The summed E-state index contributed by atoms with van der Waals surface area (Å²) in [6.07, 6.45) is 0.586. The Morgan fingerprint density at radius 1 is 1.16 bits per heavy atom. The number of methoxy groups -OCH3 is 1. The Bertz CT molecular complexity index is 1240. The van der Waals surface area contributed by atoms with E-state index < -0.39 is 0 Å². The van der Waals surface area contributed by atoms with Crippen LogP contribution >= 0.6 is 15.9 Å². The van der Waals surface area contributed by atoms with Gasteiger partial charge in [0.2, 0.25) is 5.88 Å². The van der Waals surface area contributed by atoms with Gasteiger partial charge in [0, 0.05) is 28.6 Å². The maximum absolute atomic E-state index is 12.5. The van der Waals surface area contributed by atoms with Crippen molar-refractivity contribution in [3.63, 3.8) is 0 Å². The van der Waals surface area contributed by atoms with Crippen molar-refractivity contribution in [1.82, 2.24) is 20.4 Å². The van der Waals surface area contributed by atoms with E-state index in [4.69, 9.17) is 14.0 Å². The topological polar surface area (TPSA) is 99.4 Å². The van der Waals surface area contributed by atoms with Crippen LogP contribution in [0.1, 0.15) is 18.3 Å². The summed E-state index contributed by atoms with van der Waals surface area (Å²) < 4.78 is 17.5. The molecular weight excluding hydrogens is 476 g/mol. The minimum Gasteiger partial charge on any atom is -0.496 e. The van der Waals surface area contributed by atoms with Gasteiger partial charge in [-0.3, -0.25) is 4.79 Å². The number of ether oxygens (including phenoxy) is 2. The molecule has 0 unspecified atom stereocenters. The van der Waals surface area contributed by atoms with Gasteiger partial charge in [0.1, 0.15) is 22.7 Å². The maximum atomic E-state index is 12.5. The van der Waals surface area contributed by atoms with Gasteiger partial charge in [-0.25, -0.2) is 0 Å². The highest BCUT2D eigenvalue weighted by atomic mass is 79.9. The molecule has 0 aliphatic carbocycles. The molecule has 32 heavy (non-hydrogen) atoms. The Morgan fingerprint density at radius 3 is 2.72 bits per heavy atom. The van der Waals surface area contributed by atoms with Gasteiger partial charge >= 0.3 is 0 Å². The van der Waals surface area contributed by atoms with Crippen molar-refractivity contribution in [2.24, 2.45) is 0 Å². The molecule has 2 aromatic carbocycles. The molecule has 1 amide bonds. The second-order valence-corrected chi connectivity index (χ2v) is 7.81. The maximum Gasteiger partial charge on any atom is 0.265 e. The number of carbonyl (C=O) groups excluding carboxylic acids is 1. The molecule has 0 aliphatic heterocycles. The van der Waals surface area contributed by atoms with E-state index in [9.17, 15) is 4.79 Å². The fourth-order valence-electron chi connectivity index (χ4n) is 3.19. The zero-order chi connectivity index (χ0) is 22.5. The third kappa shape index (κ3) is 4.72. The minimum atomic E-state index is -0.297. The predicted molar refractivity (Wildman–Crippen MR) is 122 cm³/mol. The fourth-order valence-corrected chi connectivity index (χ4v) is 3.59. The van der Waals surface area contributed by atoms with E-state index in [-0.39, 0.29) is 18.4 Å². The number of nitrogens with one attached hydrogen (secondary N) is 1. The van der Waals surface area contributed by atoms with Crippen LogP contribution < -0.4 is 14.8 Å². The SMILES string of the molecule is CCc1nc(OCC(=O)NCc2cc(Br)ccc2OC)c2c(-c3ccccc3)noc2n1. The first-order valence-corrected chi connectivity index (χ1v) is 10.8. The lowest BCUT2D eigenvalue weighted by molar-refractivity contribution is -0.123. The Morgan fingerprint density at radius 2 is 1.97 bits per heavy atom. The molecule has 2 heterocycles. The van der Waals surface area contributed by atoms with Crippen LogP contribution in [0, 0.1) is 0 Å². The molecule has 8 nitrogen and oxygen atoms in total. The molecule has 4 rings (SSSR count). The Hall–Kier alpha value is -3.46. The molecule has 2 aromatic heterocycles. The lowest BCUT2D eigenvalue weighted by atomic mass is 10.1. The van der Waals surface area contributed by atoms with E-state index in [0.717, 1.165) is 15.6 Å². The monoisotopic (exact) mass is 496 g/mol. The van der Waals surface area contributed by atoms with Gasteiger partial charge in [0.25, 0.3) is 11.6 Å². The number of rotatable bonds is 8. The third-order valence-corrected chi connectivity index (χ3v) is 5.26. The van der Waals surface area contributed by atoms with Gasteiger partial charge in [-0.1, -0.05) is 58.3 Å². The van der Waals surface area contributed by atoms with Crippen LogP contribution in [0.3, 0.4) is 0 Å². The molecule has 9 heteroatoms. The number of benzene rings is 2. The highest BCUT2D eigenvalue weighted by Crippen LogP contribution is 2.33. The van der Waals surface area contributed by atoms with Gasteiger partial charge in [-0.2, -0.15) is 9.97 Å². The molecule has 0 radical (unpaired) electrons. The zero-order valence-corrected chi connectivity index (χ0v) is 19.2. The summed E-state index contributed by atoms with van der Waals surface area (Å²) in [6, 6.07) is 15.2. The summed E-state index contributed by atoms with van der Waals surface area (Å²) in [5.41, 5.74) is 2.58. The molecule has 1 N–H and O–H groups in total. The van der Waals surface area contributed by atoms with Crippen molar-refractivity contribution in [3.8, 4) is 22.9 Å². The predicted octanol–water partition coefficient (Wildman–Crippen LogP) is 4.31. The second-order valence-electron chi connectivity index (χ2n) is 6.90. The summed E-state index contributed by atoms with van der Waals surface area (Å²) in [4.78, 5) is 21.3. The molecule has 0 fully saturated rings. The van der Waals surface area contributed by atoms with E-state index >= 15 is 0 Å². The zero-order valence-electron chi connectivity index (χ0n) is 17.6. The number of fused-ring (bicyclic) bond motifs is 1. The summed E-state index contributed by atoms with van der Waals surface area (Å²) in [5, 5.41) is 7.53. The summed E-state index contributed by atoms with van der Waals surface area (Å²) in [6.45, 7) is 2.01. The molecule has 4 aromatic rings. The first kappa shape index (κ1) is 21.8. The Balaban J connectivity index is 1.53. The number of carbonyl (C=O) groups is 1. The van der Waals surface area contributed by atoms with Crippen LogP contribution in [0.5, 0.6) is 11.6 Å². The van der Waals surface area contributed by atoms with E-state index in [0.29, 0.717) is 41.3 Å². The van der Waals surface area contributed by atoms with Gasteiger partial charge in [0.05, 0.1) is 7.11 Å². The second kappa shape index (κ2) is 9.78. The van der Waals surface area contributed by atoms with Crippen LogP contribution in [-0.4, -0.2) is 34.7 Å². The van der Waals surface area contributed by atoms with Crippen molar-refractivity contribution in [2.45, 2.75) is 19.9 Å². The molecule has 0 saturated heterocycles. The highest BCUT2D eigenvalue weighted by molar-refractivity contribution is 9.10. The number of amides is 1. The van der Waals surface area contributed by atoms with Crippen LogP contribution in [-0.2, 0) is 17.8 Å². The molecule has 164 valence electrons. The van der Waals surface area contributed by atoms with E-state index in [1.165, 1.54) is 0 Å². The average molecular weight is 497 g/mol. The Kier molecular flexibility index (Phi) is 6.65. The number of halogens is 1. The van der Waals surface area contributed by atoms with Crippen LogP contribution in [0.15, 0.2) is 57.5 Å². The van der Waals surface area contributed by atoms with Crippen molar-refractivity contribution in [3.05, 3.63) is 64.4 Å². The summed E-state index contributed by atoms with van der Waals surface area (Å²) >= 11 is 3.43. The highest BCUT2D eigenvalue weighted by Gasteiger charge is 2.20. The van der Waals surface area contributed by atoms with E-state index in [1.54, 1.807) is 7.11 Å². The van der Waals surface area contributed by atoms with Crippen molar-refractivity contribution < 1.29 is 18.8 Å². The van der Waals surface area contributed by atoms with Crippen molar-refractivity contribution in [2.75, 3.05) is 13.7 Å². The standard InChI is InChI=1S/C23H21BrN4O4/c1-3-18-26-22(20-21(28-32-23(20)27-18)14-7-5-4-6-8-14)31-13-19(29)25-12-15-11-16(24)9-10-17(15)30-2/h4-11H,3,12-13H2,1-2H3,(H,25,29). The minimum absolute atomic E-state index is 0.217. The normalized spacial score (nSPS) is 10.8. The lowest BCUT2D eigenvalue weighted by Crippen LogP contribution is -2.28. The first-order valence-electron chi connectivity index (χ1n) is 10.0. The van der Waals surface area contributed by atoms with Gasteiger partial charge in [-0.15, -0.1) is 0 Å². The van der Waals surface area contributed by atoms with E-state index in [1.807, 2.05) is 55.5 Å².